The van der Waals surface area contributed by atoms with E-state index in [1.807, 2.05) is 11.0 Å². The number of nitrogens with zero attached hydrogens (tertiary/aromatic N) is 4. The van der Waals surface area contributed by atoms with Gasteiger partial charge in [0.25, 0.3) is 5.91 Å². The Morgan fingerprint density at radius 1 is 1.21 bits per heavy atom. The van der Waals surface area contributed by atoms with Crippen LogP contribution in [0, 0.1) is 0 Å². The number of likely N-dealkylation sites (tertiary alicyclic amines) is 1. The number of fused-ring (bicyclic) bond motifs is 1. The van der Waals surface area contributed by atoms with Crippen LogP contribution in [-0.4, -0.2) is 81.6 Å². The molecule has 1 fully saturated rings. The first-order valence-corrected chi connectivity index (χ1v) is 11.6. The largest absolute Gasteiger partial charge is 0.390 e. The van der Waals surface area contributed by atoms with Crippen LogP contribution in [0.25, 0.3) is 0 Å². The van der Waals surface area contributed by atoms with Crippen LogP contribution < -0.4 is 10.6 Å². The van der Waals surface area contributed by atoms with E-state index in [1.54, 1.807) is 13.0 Å². The summed E-state index contributed by atoms with van der Waals surface area (Å²) in [7, 11) is 0. The van der Waals surface area contributed by atoms with Gasteiger partial charge in [0.2, 0.25) is 5.91 Å². The topological polar surface area (TPSA) is 111 Å². The molecule has 1 aromatic heterocycles. The van der Waals surface area contributed by atoms with Crippen molar-refractivity contribution in [2.75, 3.05) is 38.0 Å². The number of hydrogen-bond acceptors (Lipinski definition) is 7. The fourth-order valence-electron chi connectivity index (χ4n) is 4.52. The lowest BCUT2D eigenvalue weighted by Gasteiger charge is -2.32. The number of β-amino-alcohol motifs (C(OH)–C–C–N with tert-alkyl or cyclic N) is 1. The average molecular weight is 453 g/mol. The Hall–Kier alpha value is -3.04. The molecular weight excluding hydrogens is 420 g/mol. The van der Waals surface area contributed by atoms with Crippen LogP contribution in [0.2, 0.25) is 0 Å². The second kappa shape index (κ2) is 10.7. The Morgan fingerprint density at radius 2 is 2.03 bits per heavy atom. The lowest BCUT2D eigenvalue weighted by atomic mass is 10.00. The van der Waals surface area contributed by atoms with Crippen LogP contribution in [0.15, 0.2) is 36.7 Å². The van der Waals surface area contributed by atoms with E-state index < -0.39 is 6.10 Å². The summed E-state index contributed by atoms with van der Waals surface area (Å²) < 4.78 is 0. The normalized spacial score (nSPS) is 19.5. The Kier molecular flexibility index (Phi) is 7.51. The summed E-state index contributed by atoms with van der Waals surface area (Å²) in [5.74, 6) is 0.271. The third-order valence-electron chi connectivity index (χ3n) is 6.30. The summed E-state index contributed by atoms with van der Waals surface area (Å²) in [5.41, 5.74) is 2.91. The number of rotatable bonds is 7. The lowest BCUT2D eigenvalue weighted by molar-refractivity contribution is -0.129. The van der Waals surface area contributed by atoms with Crippen molar-refractivity contribution in [1.29, 1.82) is 0 Å². The van der Waals surface area contributed by atoms with Gasteiger partial charge in [-0.15, -0.1) is 0 Å². The molecule has 176 valence electrons. The number of carbonyl (C=O) groups excluding carboxylic acids is 2. The third kappa shape index (κ3) is 6.27. The van der Waals surface area contributed by atoms with Gasteiger partial charge in [-0.25, -0.2) is 9.97 Å². The SMILES string of the molecule is CC(=O)N1CCC[C@H](Nc2cc(C(=O)NC[C@H](O)CN3CCc4ccccc4C3)ncn2)C1. The number of aliphatic hydroxyl groups excluding tert-OH is 1. The van der Waals surface area contributed by atoms with Gasteiger partial charge in [-0.05, 0) is 30.4 Å². The molecule has 0 aliphatic carbocycles. The van der Waals surface area contributed by atoms with E-state index >= 15 is 0 Å². The molecule has 2 atom stereocenters. The molecule has 2 aliphatic heterocycles. The van der Waals surface area contributed by atoms with Crippen LogP contribution in [0.1, 0.15) is 41.4 Å². The zero-order valence-corrected chi connectivity index (χ0v) is 19.0. The quantitative estimate of drug-likeness (QED) is 0.576. The van der Waals surface area contributed by atoms with Gasteiger partial charge < -0.3 is 20.6 Å². The first-order chi connectivity index (χ1) is 16.0. The fraction of sp³-hybridized carbons (Fsp3) is 0.500. The van der Waals surface area contributed by atoms with E-state index in [0.29, 0.717) is 18.9 Å². The second-order valence-electron chi connectivity index (χ2n) is 8.85. The number of benzene rings is 1. The standard InChI is InChI=1S/C24H32N6O3/c1-17(31)30-9-4-7-20(14-30)28-23-11-22(26-16-27-23)24(33)25-12-21(32)15-29-10-8-18-5-2-3-6-19(18)13-29/h2-3,5-6,11,16,20-21,32H,4,7-10,12-15H2,1H3,(H,25,33)(H,26,27,28)/t20-,21-/m0/s1. The molecule has 0 bridgehead atoms. The van der Waals surface area contributed by atoms with Crippen molar-refractivity contribution in [1.82, 2.24) is 25.1 Å². The molecular formula is C24H32N6O3. The minimum absolute atomic E-state index is 0.0663. The molecule has 0 spiro atoms. The van der Waals surface area contributed by atoms with Crippen molar-refractivity contribution in [2.45, 2.75) is 44.9 Å². The van der Waals surface area contributed by atoms with Gasteiger partial charge in [-0.2, -0.15) is 0 Å². The summed E-state index contributed by atoms with van der Waals surface area (Å²) in [4.78, 5) is 36.5. The Labute approximate surface area is 194 Å². The van der Waals surface area contributed by atoms with Crippen molar-refractivity contribution in [3.8, 4) is 0 Å². The number of carbonyl (C=O) groups is 2. The number of amides is 2. The minimum atomic E-state index is -0.668. The van der Waals surface area contributed by atoms with E-state index in [1.165, 1.54) is 17.5 Å². The van der Waals surface area contributed by atoms with Crippen LogP contribution in [0.5, 0.6) is 0 Å². The summed E-state index contributed by atoms with van der Waals surface area (Å²) in [6, 6.07) is 10.1. The predicted molar refractivity (Wildman–Crippen MR) is 125 cm³/mol. The molecule has 33 heavy (non-hydrogen) atoms. The average Bonchev–Trinajstić information content (AvgIpc) is 2.83. The summed E-state index contributed by atoms with van der Waals surface area (Å²) in [6.45, 7) is 5.33. The maximum absolute atomic E-state index is 12.6. The van der Waals surface area contributed by atoms with Gasteiger partial charge in [-0.3, -0.25) is 14.5 Å². The summed E-state index contributed by atoms with van der Waals surface area (Å²) in [5, 5.41) is 16.5. The number of piperidine rings is 1. The van der Waals surface area contributed by atoms with Crippen molar-refractivity contribution in [3.05, 3.63) is 53.5 Å². The zero-order valence-electron chi connectivity index (χ0n) is 19.0. The van der Waals surface area contributed by atoms with E-state index in [-0.39, 0.29) is 30.1 Å². The van der Waals surface area contributed by atoms with Crippen LogP contribution in [0.4, 0.5) is 5.82 Å². The Morgan fingerprint density at radius 3 is 2.85 bits per heavy atom. The lowest BCUT2D eigenvalue weighted by Crippen LogP contribution is -2.44. The van der Waals surface area contributed by atoms with Crippen LogP contribution in [-0.2, 0) is 17.8 Å². The van der Waals surface area contributed by atoms with Gasteiger partial charge in [0.15, 0.2) is 0 Å². The number of nitrogens with one attached hydrogen (secondary N) is 2. The van der Waals surface area contributed by atoms with Crippen molar-refractivity contribution >= 4 is 17.6 Å². The van der Waals surface area contributed by atoms with Gasteiger partial charge in [0, 0.05) is 58.3 Å². The molecule has 9 nitrogen and oxygen atoms in total. The number of aromatic nitrogens is 2. The van der Waals surface area contributed by atoms with Crippen molar-refractivity contribution in [3.63, 3.8) is 0 Å². The molecule has 1 saturated heterocycles. The highest BCUT2D eigenvalue weighted by atomic mass is 16.3. The van der Waals surface area contributed by atoms with E-state index in [4.69, 9.17) is 0 Å². The molecule has 2 aliphatic rings. The predicted octanol–water partition coefficient (Wildman–Crippen LogP) is 1.05. The molecule has 3 N–H and O–H groups in total. The maximum Gasteiger partial charge on any atom is 0.270 e. The highest BCUT2D eigenvalue weighted by molar-refractivity contribution is 5.92. The summed E-state index contributed by atoms with van der Waals surface area (Å²) >= 11 is 0. The minimum Gasteiger partial charge on any atom is -0.390 e. The molecule has 2 amide bonds. The Bertz CT molecular complexity index is 984. The van der Waals surface area contributed by atoms with Gasteiger partial charge >= 0.3 is 0 Å². The van der Waals surface area contributed by atoms with Gasteiger partial charge in [0.1, 0.15) is 17.8 Å². The molecule has 2 aromatic rings. The van der Waals surface area contributed by atoms with Crippen LogP contribution >= 0.6 is 0 Å². The van der Waals surface area contributed by atoms with Crippen molar-refractivity contribution in [2.24, 2.45) is 0 Å². The molecule has 4 rings (SSSR count). The molecule has 0 saturated carbocycles. The highest BCUT2D eigenvalue weighted by Crippen LogP contribution is 2.18. The highest BCUT2D eigenvalue weighted by Gasteiger charge is 2.22. The molecule has 3 heterocycles. The molecule has 0 unspecified atom stereocenters. The summed E-state index contributed by atoms with van der Waals surface area (Å²) in [6.07, 6.45) is 3.51. The first kappa shape index (κ1) is 23.1. The zero-order chi connectivity index (χ0) is 23.2. The van der Waals surface area contributed by atoms with Gasteiger partial charge in [-0.1, -0.05) is 24.3 Å². The van der Waals surface area contributed by atoms with Crippen LogP contribution in [0.3, 0.4) is 0 Å². The maximum atomic E-state index is 12.6. The van der Waals surface area contributed by atoms with E-state index in [9.17, 15) is 14.7 Å². The van der Waals surface area contributed by atoms with Crippen molar-refractivity contribution < 1.29 is 14.7 Å². The second-order valence-corrected chi connectivity index (χ2v) is 8.85. The smallest absolute Gasteiger partial charge is 0.270 e. The van der Waals surface area contributed by atoms with E-state index in [2.05, 4.69) is 43.7 Å². The molecule has 0 radical (unpaired) electrons. The number of aliphatic hydroxyl groups is 1. The molecule has 1 aromatic carbocycles. The first-order valence-electron chi connectivity index (χ1n) is 11.6. The fourth-order valence-corrected chi connectivity index (χ4v) is 4.52. The van der Waals surface area contributed by atoms with Gasteiger partial charge in [0.05, 0.1) is 6.10 Å². The monoisotopic (exact) mass is 452 g/mol. The Balaban J connectivity index is 1.25. The third-order valence-corrected chi connectivity index (χ3v) is 6.30. The molecule has 9 heteroatoms. The number of hydrogen-bond donors (Lipinski definition) is 3. The van der Waals surface area contributed by atoms with E-state index in [0.717, 1.165) is 38.9 Å². The number of anilines is 1.